The van der Waals surface area contributed by atoms with E-state index in [9.17, 15) is 4.79 Å². The highest BCUT2D eigenvalue weighted by atomic mass is 79.9. The number of hydrogen-bond donors (Lipinski definition) is 1. The van der Waals surface area contributed by atoms with Crippen LogP contribution in [0.1, 0.15) is 17.5 Å². The number of amides is 1. The van der Waals surface area contributed by atoms with E-state index in [0.717, 1.165) is 0 Å². The molecule has 0 radical (unpaired) electrons. The SMILES string of the molecule is CC(CCl)(CCl)NC(=O)c1ccc(Br)o1. The Balaban J connectivity index is 2.71. The van der Waals surface area contributed by atoms with Gasteiger partial charge >= 0.3 is 0 Å². The monoisotopic (exact) mass is 313 g/mol. The molecule has 1 heterocycles. The number of halogens is 3. The van der Waals surface area contributed by atoms with Gasteiger partial charge in [0.2, 0.25) is 0 Å². The van der Waals surface area contributed by atoms with Gasteiger partial charge in [-0.3, -0.25) is 4.79 Å². The third-order valence-electron chi connectivity index (χ3n) is 1.80. The van der Waals surface area contributed by atoms with E-state index in [2.05, 4.69) is 21.2 Å². The van der Waals surface area contributed by atoms with Crippen LogP contribution >= 0.6 is 39.1 Å². The quantitative estimate of drug-likeness (QED) is 0.868. The van der Waals surface area contributed by atoms with Crippen LogP contribution in [0, 0.1) is 0 Å². The van der Waals surface area contributed by atoms with Crippen LogP contribution < -0.4 is 5.32 Å². The minimum atomic E-state index is -0.626. The van der Waals surface area contributed by atoms with Crippen LogP contribution in [0.15, 0.2) is 21.2 Å². The summed E-state index contributed by atoms with van der Waals surface area (Å²) in [5, 5.41) is 2.70. The first kappa shape index (κ1) is 12.9. The van der Waals surface area contributed by atoms with Crippen molar-refractivity contribution in [3.05, 3.63) is 22.6 Å². The van der Waals surface area contributed by atoms with Crippen LogP contribution in [0.4, 0.5) is 0 Å². The van der Waals surface area contributed by atoms with Crippen molar-refractivity contribution in [1.29, 1.82) is 0 Å². The van der Waals surface area contributed by atoms with Gasteiger partial charge < -0.3 is 9.73 Å². The molecule has 6 heteroatoms. The van der Waals surface area contributed by atoms with Gasteiger partial charge in [-0.15, -0.1) is 23.2 Å². The van der Waals surface area contributed by atoms with Gasteiger partial charge in [-0.1, -0.05) is 0 Å². The molecule has 1 rings (SSSR count). The summed E-state index contributed by atoms with van der Waals surface area (Å²) in [7, 11) is 0. The van der Waals surface area contributed by atoms with Gasteiger partial charge in [-0.05, 0) is 35.0 Å². The lowest BCUT2D eigenvalue weighted by Gasteiger charge is -2.25. The Morgan fingerprint density at radius 1 is 1.53 bits per heavy atom. The third-order valence-corrected chi connectivity index (χ3v) is 3.41. The first-order chi connectivity index (χ1) is 7.00. The van der Waals surface area contributed by atoms with Gasteiger partial charge in [-0.2, -0.15) is 0 Å². The van der Waals surface area contributed by atoms with Crippen molar-refractivity contribution in [3.8, 4) is 0 Å². The number of alkyl halides is 2. The fourth-order valence-corrected chi connectivity index (χ4v) is 1.60. The van der Waals surface area contributed by atoms with Crippen LogP contribution in [-0.4, -0.2) is 23.2 Å². The molecule has 0 aromatic carbocycles. The molecule has 0 aliphatic carbocycles. The lowest BCUT2D eigenvalue weighted by atomic mass is 10.1. The molecule has 3 nitrogen and oxygen atoms in total. The maximum atomic E-state index is 11.6. The van der Waals surface area contributed by atoms with E-state index < -0.39 is 5.54 Å². The van der Waals surface area contributed by atoms with E-state index in [4.69, 9.17) is 27.6 Å². The Morgan fingerprint density at radius 3 is 2.53 bits per heavy atom. The average Bonchev–Trinajstić information content (AvgIpc) is 2.65. The molecule has 0 fully saturated rings. The second-order valence-electron chi connectivity index (χ2n) is 3.39. The number of rotatable bonds is 4. The van der Waals surface area contributed by atoms with Crippen LogP contribution in [0.2, 0.25) is 0 Å². The van der Waals surface area contributed by atoms with Crippen LogP contribution in [-0.2, 0) is 0 Å². The summed E-state index contributed by atoms with van der Waals surface area (Å²) < 4.78 is 5.60. The summed E-state index contributed by atoms with van der Waals surface area (Å²) in [6.45, 7) is 1.77. The van der Waals surface area contributed by atoms with E-state index >= 15 is 0 Å². The van der Waals surface area contributed by atoms with Gasteiger partial charge in [-0.25, -0.2) is 0 Å². The maximum Gasteiger partial charge on any atom is 0.287 e. The third kappa shape index (κ3) is 3.40. The molecule has 0 saturated heterocycles. The van der Waals surface area contributed by atoms with Crippen LogP contribution in [0.3, 0.4) is 0 Å². The highest BCUT2D eigenvalue weighted by Gasteiger charge is 2.26. The molecule has 1 N–H and O–H groups in total. The van der Waals surface area contributed by atoms with Crippen molar-refractivity contribution in [2.75, 3.05) is 11.8 Å². The summed E-state index contributed by atoms with van der Waals surface area (Å²) in [5.41, 5.74) is -0.626. The molecule has 84 valence electrons. The average molecular weight is 315 g/mol. The van der Waals surface area contributed by atoms with E-state index in [0.29, 0.717) is 4.67 Å². The highest BCUT2D eigenvalue weighted by Crippen LogP contribution is 2.16. The van der Waals surface area contributed by atoms with Crippen molar-refractivity contribution >= 4 is 45.0 Å². The van der Waals surface area contributed by atoms with Gasteiger partial charge in [0.05, 0.1) is 5.54 Å². The Hall–Kier alpha value is -0.190. The molecule has 0 spiro atoms. The highest BCUT2D eigenvalue weighted by molar-refractivity contribution is 9.10. The summed E-state index contributed by atoms with van der Waals surface area (Å²) in [6.07, 6.45) is 0. The van der Waals surface area contributed by atoms with Crippen molar-refractivity contribution in [2.45, 2.75) is 12.5 Å². The molecule has 1 aromatic rings. The number of nitrogens with one attached hydrogen (secondary N) is 1. The zero-order chi connectivity index (χ0) is 11.5. The molecule has 15 heavy (non-hydrogen) atoms. The first-order valence-electron chi connectivity index (χ1n) is 4.20. The Labute approximate surface area is 106 Å². The molecule has 0 atom stereocenters. The zero-order valence-electron chi connectivity index (χ0n) is 8.02. The number of furan rings is 1. The van der Waals surface area contributed by atoms with E-state index in [1.165, 1.54) is 0 Å². The fourth-order valence-electron chi connectivity index (χ4n) is 0.875. The predicted molar refractivity (Wildman–Crippen MR) is 63.7 cm³/mol. The predicted octanol–water partition coefficient (Wildman–Crippen LogP) is 3.01. The molecule has 0 aliphatic rings. The number of hydrogen-bond acceptors (Lipinski definition) is 2. The summed E-state index contributed by atoms with van der Waals surface area (Å²) in [5.74, 6) is 0.377. The van der Waals surface area contributed by atoms with Gasteiger partial charge in [0, 0.05) is 11.8 Å². The van der Waals surface area contributed by atoms with Crippen LogP contribution in [0.5, 0.6) is 0 Å². The molecule has 0 aliphatic heterocycles. The molecule has 0 unspecified atom stereocenters. The lowest BCUT2D eigenvalue weighted by molar-refractivity contribution is 0.0891. The van der Waals surface area contributed by atoms with E-state index in [-0.39, 0.29) is 23.4 Å². The minimum Gasteiger partial charge on any atom is -0.444 e. The summed E-state index contributed by atoms with van der Waals surface area (Å²) >= 11 is 14.5. The van der Waals surface area contributed by atoms with Gasteiger partial charge in [0.1, 0.15) is 0 Å². The number of carbonyl (C=O) groups excluding carboxylic acids is 1. The largest absolute Gasteiger partial charge is 0.444 e. The Kier molecular flexibility index (Phi) is 4.49. The van der Waals surface area contributed by atoms with Crippen molar-refractivity contribution in [3.63, 3.8) is 0 Å². The molecule has 1 amide bonds. The zero-order valence-corrected chi connectivity index (χ0v) is 11.1. The summed E-state index contributed by atoms with van der Waals surface area (Å²) in [6, 6.07) is 3.22. The van der Waals surface area contributed by atoms with Crippen molar-refractivity contribution in [1.82, 2.24) is 5.32 Å². The first-order valence-corrected chi connectivity index (χ1v) is 6.07. The normalized spacial score (nSPS) is 11.5. The maximum absolute atomic E-state index is 11.6. The molecule has 0 bridgehead atoms. The second-order valence-corrected chi connectivity index (χ2v) is 4.70. The molecule has 0 saturated carbocycles. The molecular formula is C9H10BrCl2NO2. The van der Waals surface area contributed by atoms with Gasteiger partial charge in [0.15, 0.2) is 10.4 Å². The lowest BCUT2D eigenvalue weighted by Crippen LogP contribution is -2.49. The molecular weight excluding hydrogens is 305 g/mol. The smallest absolute Gasteiger partial charge is 0.287 e. The standard InChI is InChI=1S/C9H10BrCl2NO2/c1-9(4-11,5-12)13-8(14)6-2-3-7(10)15-6/h2-3H,4-5H2,1H3,(H,13,14). The Bertz CT molecular complexity index is 350. The topological polar surface area (TPSA) is 42.2 Å². The Morgan fingerprint density at radius 2 is 2.13 bits per heavy atom. The minimum absolute atomic E-state index is 0.225. The summed E-state index contributed by atoms with van der Waals surface area (Å²) in [4.78, 5) is 11.6. The van der Waals surface area contributed by atoms with E-state index in [1.54, 1.807) is 19.1 Å². The fraction of sp³-hybridized carbons (Fsp3) is 0.444. The van der Waals surface area contributed by atoms with Crippen LogP contribution in [0.25, 0.3) is 0 Å². The second kappa shape index (κ2) is 5.23. The number of carbonyl (C=O) groups is 1. The van der Waals surface area contributed by atoms with E-state index in [1.807, 2.05) is 0 Å². The van der Waals surface area contributed by atoms with Crippen molar-refractivity contribution < 1.29 is 9.21 Å². The van der Waals surface area contributed by atoms with Gasteiger partial charge in [0.25, 0.3) is 5.91 Å². The molecule has 1 aromatic heterocycles. The van der Waals surface area contributed by atoms with Crippen molar-refractivity contribution in [2.24, 2.45) is 0 Å².